The molecule has 0 fully saturated rings. The number of aromatic nitrogens is 3. The van der Waals surface area contributed by atoms with Crippen LogP contribution in [0.4, 0.5) is 5.69 Å². The Bertz CT molecular complexity index is 765. The number of amides is 1. The topological polar surface area (TPSA) is 69.0 Å². The number of nitrogens with zero attached hydrogens (tertiary/aromatic N) is 3. The zero-order chi connectivity index (χ0) is 16.1. The maximum Gasteiger partial charge on any atom is 0.228 e. The Balaban J connectivity index is 1.61. The Hall–Kier alpha value is -3.15. The molecule has 0 aliphatic rings. The predicted octanol–water partition coefficient (Wildman–Crippen LogP) is 2.46. The van der Waals surface area contributed by atoms with Gasteiger partial charge in [0.15, 0.2) is 0 Å². The Morgan fingerprint density at radius 2 is 2.04 bits per heavy atom. The molecule has 0 saturated carbocycles. The van der Waals surface area contributed by atoms with Crippen LogP contribution in [0.5, 0.6) is 5.75 Å². The van der Waals surface area contributed by atoms with Gasteiger partial charge in [-0.05, 0) is 29.8 Å². The highest BCUT2D eigenvalue weighted by Gasteiger charge is 2.05. The summed E-state index contributed by atoms with van der Waals surface area (Å²) in [7, 11) is 1.61. The molecule has 2 heterocycles. The van der Waals surface area contributed by atoms with Gasteiger partial charge in [-0.1, -0.05) is 12.1 Å². The minimum Gasteiger partial charge on any atom is -0.497 e. The Kier molecular flexibility index (Phi) is 4.33. The summed E-state index contributed by atoms with van der Waals surface area (Å²) in [5.41, 5.74) is 1.58. The highest BCUT2D eigenvalue weighted by Crippen LogP contribution is 2.13. The molecular weight excluding hydrogens is 292 g/mol. The lowest BCUT2D eigenvalue weighted by Gasteiger charge is -2.07. The Labute approximate surface area is 133 Å². The molecule has 3 rings (SSSR count). The fourth-order valence-electron chi connectivity index (χ4n) is 2.14. The molecule has 0 unspecified atom stereocenters. The summed E-state index contributed by atoms with van der Waals surface area (Å²) in [5, 5.41) is 2.83. The molecule has 3 aromatic rings. The molecule has 6 nitrogen and oxygen atoms in total. The van der Waals surface area contributed by atoms with Gasteiger partial charge in [0.1, 0.15) is 17.9 Å². The summed E-state index contributed by atoms with van der Waals surface area (Å²) in [6.07, 6.45) is 7.09. The quantitative estimate of drug-likeness (QED) is 0.786. The van der Waals surface area contributed by atoms with E-state index in [0.717, 1.165) is 17.1 Å². The molecule has 0 atom stereocenters. The predicted molar refractivity (Wildman–Crippen MR) is 86.7 cm³/mol. The zero-order valence-corrected chi connectivity index (χ0v) is 12.6. The zero-order valence-electron chi connectivity index (χ0n) is 12.6. The van der Waals surface area contributed by atoms with Crippen molar-refractivity contribution in [3.8, 4) is 11.6 Å². The summed E-state index contributed by atoms with van der Waals surface area (Å²) < 4.78 is 6.89. The number of carbonyl (C=O) groups excluding carboxylic acids is 1. The molecule has 0 aliphatic carbocycles. The van der Waals surface area contributed by atoms with Crippen LogP contribution >= 0.6 is 0 Å². The van der Waals surface area contributed by atoms with Crippen molar-refractivity contribution in [1.82, 2.24) is 14.5 Å². The van der Waals surface area contributed by atoms with Crippen LogP contribution in [-0.4, -0.2) is 27.6 Å². The van der Waals surface area contributed by atoms with Crippen LogP contribution in [0.1, 0.15) is 5.56 Å². The van der Waals surface area contributed by atoms with Crippen LogP contribution in [0.25, 0.3) is 5.82 Å². The Morgan fingerprint density at radius 3 is 2.65 bits per heavy atom. The third-order valence-electron chi connectivity index (χ3n) is 3.32. The first-order valence-electron chi connectivity index (χ1n) is 7.12. The molecule has 1 aromatic carbocycles. The number of rotatable bonds is 5. The second kappa shape index (κ2) is 6.74. The minimum absolute atomic E-state index is 0.0904. The van der Waals surface area contributed by atoms with Crippen molar-refractivity contribution in [1.29, 1.82) is 0 Å². The van der Waals surface area contributed by atoms with Crippen molar-refractivity contribution >= 4 is 11.6 Å². The number of pyridine rings is 1. The molecule has 1 N–H and O–H groups in total. The van der Waals surface area contributed by atoms with Crippen LogP contribution in [-0.2, 0) is 11.2 Å². The normalized spacial score (nSPS) is 10.3. The number of ether oxygens (including phenoxy) is 1. The fraction of sp³-hybridized carbons (Fsp3) is 0.118. The van der Waals surface area contributed by atoms with Gasteiger partial charge in [-0.3, -0.25) is 9.36 Å². The standard InChI is InChI=1S/C17H16N4O2/c1-23-15-5-2-13(3-6-15)10-17(22)20-14-4-7-16(19-11-14)21-9-8-18-12-21/h2-9,11-12H,10H2,1H3,(H,20,22). The number of imidazole rings is 1. The third kappa shape index (κ3) is 3.74. The SMILES string of the molecule is COc1ccc(CC(=O)Nc2ccc(-n3ccnc3)nc2)cc1. The molecular formula is C17H16N4O2. The molecule has 2 aromatic heterocycles. The van der Waals surface area contributed by atoms with E-state index in [1.807, 2.05) is 42.6 Å². The summed E-state index contributed by atoms with van der Waals surface area (Å²) in [6, 6.07) is 11.1. The van der Waals surface area contributed by atoms with Gasteiger partial charge < -0.3 is 10.1 Å². The largest absolute Gasteiger partial charge is 0.497 e. The van der Waals surface area contributed by atoms with Crippen molar-refractivity contribution in [2.24, 2.45) is 0 Å². The number of benzene rings is 1. The van der Waals surface area contributed by atoms with E-state index in [-0.39, 0.29) is 5.91 Å². The van der Waals surface area contributed by atoms with Crippen molar-refractivity contribution < 1.29 is 9.53 Å². The fourth-order valence-corrected chi connectivity index (χ4v) is 2.14. The number of anilines is 1. The highest BCUT2D eigenvalue weighted by atomic mass is 16.5. The maximum absolute atomic E-state index is 12.1. The average molecular weight is 308 g/mol. The van der Waals surface area contributed by atoms with Crippen LogP contribution in [0.2, 0.25) is 0 Å². The van der Waals surface area contributed by atoms with Gasteiger partial charge in [-0.15, -0.1) is 0 Å². The molecule has 0 radical (unpaired) electrons. The van der Waals surface area contributed by atoms with Gasteiger partial charge in [0, 0.05) is 12.4 Å². The van der Waals surface area contributed by atoms with E-state index in [2.05, 4.69) is 15.3 Å². The van der Waals surface area contributed by atoms with E-state index in [1.165, 1.54) is 0 Å². The first kappa shape index (κ1) is 14.8. The second-order valence-electron chi connectivity index (χ2n) is 4.95. The molecule has 0 spiro atoms. The summed E-state index contributed by atoms with van der Waals surface area (Å²) in [6.45, 7) is 0. The van der Waals surface area contributed by atoms with Gasteiger partial charge in [-0.2, -0.15) is 0 Å². The number of methoxy groups -OCH3 is 1. The van der Waals surface area contributed by atoms with Crippen LogP contribution in [0.3, 0.4) is 0 Å². The van der Waals surface area contributed by atoms with Crippen molar-refractivity contribution in [3.05, 3.63) is 66.9 Å². The molecule has 6 heteroatoms. The molecule has 0 saturated heterocycles. The van der Waals surface area contributed by atoms with Crippen LogP contribution in [0.15, 0.2) is 61.3 Å². The number of hydrogen-bond donors (Lipinski definition) is 1. The average Bonchev–Trinajstić information content (AvgIpc) is 3.11. The third-order valence-corrected chi connectivity index (χ3v) is 3.32. The van der Waals surface area contributed by atoms with E-state index in [4.69, 9.17) is 4.74 Å². The van der Waals surface area contributed by atoms with Crippen LogP contribution < -0.4 is 10.1 Å². The van der Waals surface area contributed by atoms with Gasteiger partial charge in [-0.25, -0.2) is 9.97 Å². The summed E-state index contributed by atoms with van der Waals surface area (Å²) >= 11 is 0. The van der Waals surface area contributed by atoms with Gasteiger partial charge >= 0.3 is 0 Å². The first-order valence-corrected chi connectivity index (χ1v) is 7.12. The number of nitrogens with one attached hydrogen (secondary N) is 1. The van der Waals surface area contributed by atoms with E-state index in [0.29, 0.717) is 12.1 Å². The lowest BCUT2D eigenvalue weighted by Crippen LogP contribution is -2.14. The molecule has 23 heavy (non-hydrogen) atoms. The first-order chi connectivity index (χ1) is 11.2. The maximum atomic E-state index is 12.1. The van der Waals surface area contributed by atoms with Crippen molar-refractivity contribution in [2.45, 2.75) is 6.42 Å². The lowest BCUT2D eigenvalue weighted by atomic mass is 10.1. The summed E-state index contributed by atoms with van der Waals surface area (Å²) in [5.74, 6) is 1.43. The molecule has 0 bridgehead atoms. The monoisotopic (exact) mass is 308 g/mol. The van der Waals surface area contributed by atoms with E-state index < -0.39 is 0 Å². The Morgan fingerprint density at radius 1 is 1.22 bits per heavy atom. The molecule has 116 valence electrons. The van der Waals surface area contributed by atoms with Crippen molar-refractivity contribution in [2.75, 3.05) is 12.4 Å². The highest BCUT2D eigenvalue weighted by molar-refractivity contribution is 5.92. The lowest BCUT2D eigenvalue weighted by molar-refractivity contribution is -0.115. The number of hydrogen-bond acceptors (Lipinski definition) is 4. The molecule has 1 amide bonds. The van der Waals surface area contributed by atoms with Crippen LogP contribution in [0, 0.1) is 0 Å². The van der Waals surface area contributed by atoms with Crippen molar-refractivity contribution in [3.63, 3.8) is 0 Å². The van der Waals surface area contributed by atoms with Gasteiger partial charge in [0.05, 0.1) is 25.4 Å². The van der Waals surface area contributed by atoms with E-state index >= 15 is 0 Å². The van der Waals surface area contributed by atoms with Gasteiger partial charge in [0.25, 0.3) is 0 Å². The van der Waals surface area contributed by atoms with E-state index in [1.54, 1.807) is 30.4 Å². The second-order valence-corrected chi connectivity index (χ2v) is 4.95. The summed E-state index contributed by atoms with van der Waals surface area (Å²) in [4.78, 5) is 20.3. The van der Waals surface area contributed by atoms with E-state index in [9.17, 15) is 4.79 Å². The molecule has 0 aliphatic heterocycles. The smallest absolute Gasteiger partial charge is 0.228 e. The minimum atomic E-state index is -0.0904. The number of carbonyl (C=O) groups is 1. The van der Waals surface area contributed by atoms with Gasteiger partial charge in [0.2, 0.25) is 5.91 Å².